The molecule has 0 saturated heterocycles. The second kappa shape index (κ2) is 4.81. The molecule has 0 bridgehead atoms. The summed E-state index contributed by atoms with van der Waals surface area (Å²) in [6.07, 6.45) is -3.49. The molecule has 0 aliphatic rings. The third-order valence-corrected chi connectivity index (χ3v) is 1.31. The first kappa shape index (κ1) is 12.7. The lowest BCUT2D eigenvalue weighted by atomic mass is 9.93. The Hall–Kier alpha value is -0.290. The van der Waals surface area contributed by atoms with E-state index in [1.807, 2.05) is 20.8 Å². The van der Waals surface area contributed by atoms with E-state index in [2.05, 4.69) is 10.3 Å². The molecule has 0 aliphatic carbocycles. The molecule has 0 radical (unpaired) electrons. The van der Waals surface area contributed by atoms with Gasteiger partial charge in [0.1, 0.15) is 0 Å². The highest BCUT2D eigenvalue weighted by Crippen LogP contribution is 2.17. The van der Waals surface area contributed by atoms with Gasteiger partial charge in [-0.25, -0.2) is 5.48 Å². The molecule has 0 rings (SSSR count). The summed E-state index contributed by atoms with van der Waals surface area (Å²) < 4.78 is 34.7. The van der Waals surface area contributed by atoms with E-state index >= 15 is 0 Å². The van der Waals surface area contributed by atoms with Crippen LogP contribution in [-0.2, 0) is 4.84 Å². The highest BCUT2D eigenvalue weighted by atomic mass is 19.4. The molecule has 13 heavy (non-hydrogen) atoms. The molecular formula is C8H16F3NO. The number of hydroxylamine groups is 1. The van der Waals surface area contributed by atoms with Crippen molar-refractivity contribution in [1.29, 1.82) is 0 Å². The second-order valence-corrected chi connectivity index (χ2v) is 4.11. The van der Waals surface area contributed by atoms with E-state index in [9.17, 15) is 13.2 Å². The monoisotopic (exact) mass is 199 g/mol. The van der Waals surface area contributed by atoms with Gasteiger partial charge in [0.05, 0.1) is 0 Å². The number of hydrogen-bond acceptors (Lipinski definition) is 2. The summed E-state index contributed by atoms with van der Waals surface area (Å²) in [5.41, 5.74) is 2.38. The van der Waals surface area contributed by atoms with Crippen molar-refractivity contribution in [3.8, 4) is 0 Å². The third kappa shape index (κ3) is 11.7. The van der Waals surface area contributed by atoms with Gasteiger partial charge in [-0.3, -0.25) is 4.84 Å². The Kier molecular flexibility index (Phi) is 4.70. The van der Waals surface area contributed by atoms with Crippen molar-refractivity contribution in [2.24, 2.45) is 5.41 Å². The molecule has 1 N–H and O–H groups in total. The summed E-state index contributed by atoms with van der Waals surface area (Å²) in [5.74, 6) is 0. The van der Waals surface area contributed by atoms with E-state index in [0.29, 0.717) is 6.54 Å². The molecule has 0 aromatic carbocycles. The molecule has 0 aromatic heterocycles. The minimum Gasteiger partial charge on any atom is -0.292 e. The van der Waals surface area contributed by atoms with Gasteiger partial charge in [0, 0.05) is 6.54 Å². The molecule has 0 aromatic rings. The van der Waals surface area contributed by atoms with Gasteiger partial charge in [0.2, 0.25) is 0 Å². The maximum Gasteiger partial charge on any atom is 0.413 e. The van der Waals surface area contributed by atoms with Crippen LogP contribution in [-0.4, -0.2) is 19.3 Å². The topological polar surface area (TPSA) is 21.3 Å². The van der Waals surface area contributed by atoms with Crippen molar-refractivity contribution >= 4 is 0 Å². The van der Waals surface area contributed by atoms with Gasteiger partial charge in [-0.2, -0.15) is 13.2 Å². The fraction of sp³-hybridized carbons (Fsp3) is 1.00. The summed E-state index contributed by atoms with van der Waals surface area (Å²) in [5, 5.41) is 0. The molecule has 2 nitrogen and oxygen atoms in total. The quantitative estimate of drug-likeness (QED) is 0.555. The second-order valence-electron chi connectivity index (χ2n) is 4.11. The number of hydrogen-bond donors (Lipinski definition) is 1. The van der Waals surface area contributed by atoms with E-state index in [1.165, 1.54) is 0 Å². The van der Waals surface area contributed by atoms with Crippen LogP contribution in [0.4, 0.5) is 13.2 Å². The molecule has 0 atom stereocenters. The van der Waals surface area contributed by atoms with Crippen molar-refractivity contribution < 1.29 is 18.0 Å². The predicted molar refractivity (Wildman–Crippen MR) is 44.1 cm³/mol. The molecule has 0 saturated carbocycles. The van der Waals surface area contributed by atoms with Crippen LogP contribution in [0.2, 0.25) is 0 Å². The lowest BCUT2D eigenvalue weighted by Gasteiger charge is -2.18. The van der Waals surface area contributed by atoms with E-state index < -0.39 is 12.8 Å². The van der Waals surface area contributed by atoms with Gasteiger partial charge < -0.3 is 0 Å². The molecule has 0 fully saturated rings. The number of rotatable bonds is 4. The first-order valence-electron chi connectivity index (χ1n) is 4.12. The van der Waals surface area contributed by atoms with Crippen LogP contribution < -0.4 is 5.48 Å². The molecule has 5 heteroatoms. The molecule has 0 heterocycles. The number of alkyl halides is 3. The van der Waals surface area contributed by atoms with Gasteiger partial charge in [-0.15, -0.1) is 0 Å². The minimum absolute atomic E-state index is 0.106. The molecule has 0 unspecified atom stereocenters. The van der Waals surface area contributed by atoms with Gasteiger partial charge in [-0.1, -0.05) is 20.8 Å². The van der Waals surface area contributed by atoms with Crippen molar-refractivity contribution in [3.05, 3.63) is 0 Å². The van der Waals surface area contributed by atoms with Crippen molar-refractivity contribution in [3.63, 3.8) is 0 Å². The van der Waals surface area contributed by atoms with Crippen LogP contribution in [0, 0.1) is 5.41 Å². The zero-order valence-corrected chi connectivity index (χ0v) is 8.16. The van der Waals surface area contributed by atoms with E-state index in [0.717, 1.165) is 6.42 Å². The van der Waals surface area contributed by atoms with Crippen molar-refractivity contribution in [2.75, 3.05) is 13.2 Å². The Morgan fingerprint density at radius 1 is 1.15 bits per heavy atom. The molecule has 0 aliphatic heterocycles. The van der Waals surface area contributed by atoms with Crippen LogP contribution in [0.1, 0.15) is 27.2 Å². The Morgan fingerprint density at radius 2 is 1.69 bits per heavy atom. The maximum absolute atomic E-state index is 11.6. The summed E-state index contributed by atoms with van der Waals surface area (Å²) in [6.45, 7) is 5.23. The van der Waals surface area contributed by atoms with Crippen LogP contribution in [0.5, 0.6) is 0 Å². The SMILES string of the molecule is CC(C)(C)CCNOCC(F)(F)F. The minimum atomic E-state index is -4.26. The fourth-order valence-electron chi connectivity index (χ4n) is 0.631. The maximum atomic E-state index is 11.6. The Labute approximate surface area is 76.4 Å². The van der Waals surface area contributed by atoms with Crippen molar-refractivity contribution in [2.45, 2.75) is 33.4 Å². The summed E-state index contributed by atoms with van der Waals surface area (Å²) in [4.78, 5) is 4.22. The standard InChI is InChI=1S/C8H16F3NO/c1-7(2,3)4-5-12-13-6-8(9,10)11/h12H,4-6H2,1-3H3. The predicted octanol–water partition coefficient (Wildman–Crippen LogP) is 2.51. The Balaban J connectivity index is 3.28. The zero-order chi connectivity index (χ0) is 10.5. The van der Waals surface area contributed by atoms with Gasteiger partial charge in [0.15, 0.2) is 6.61 Å². The largest absolute Gasteiger partial charge is 0.413 e. The van der Waals surface area contributed by atoms with Crippen LogP contribution in [0.3, 0.4) is 0 Å². The lowest BCUT2D eigenvalue weighted by molar-refractivity contribution is -0.189. The third-order valence-electron chi connectivity index (χ3n) is 1.31. The zero-order valence-electron chi connectivity index (χ0n) is 8.16. The van der Waals surface area contributed by atoms with Gasteiger partial charge >= 0.3 is 6.18 Å². The van der Waals surface area contributed by atoms with E-state index in [-0.39, 0.29) is 5.41 Å². The molecule has 0 spiro atoms. The number of halogens is 3. The summed E-state index contributed by atoms with van der Waals surface area (Å²) >= 11 is 0. The lowest BCUT2D eigenvalue weighted by Crippen LogP contribution is -2.27. The van der Waals surface area contributed by atoms with Crippen LogP contribution in [0.25, 0.3) is 0 Å². The highest BCUT2D eigenvalue weighted by molar-refractivity contribution is 4.61. The normalized spacial score (nSPS) is 13.4. The number of nitrogens with one attached hydrogen (secondary N) is 1. The summed E-state index contributed by atoms with van der Waals surface area (Å²) in [6, 6.07) is 0. The fourth-order valence-corrected chi connectivity index (χ4v) is 0.631. The first-order chi connectivity index (χ1) is 5.71. The van der Waals surface area contributed by atoms with Crippen LogP contribution >= 0.6 is 0 Å². The smallest absolute Gasteiger partial charge is 0.292 e. The van der Waals surface area contributed by atoms with Gasteiger partial charge in [0.25, 0.3) is 0 Å². The van der Waals surface area contributed by atoms with Gasteiger partial charge in [-0.05, 0) is 11.8 Å². The highest BCUT2D eigenvalue weighted by Gasteiger charge is 2.27. The average Bonchev–Trinajstić information content (AvgIpc) is 1.81. The Morgan fingerprint density at radius 3 is 2.08 bits per heavy atom. The van der Waals surface area contributed by atoms with Crippen molar-refractivity contribution in [1.82, 2.24) is 5.48 Å². The summed E-state index contributed by atoms with van der Waals surface area (Å²) in [7, 11) is 0. The van der Waals surface area contributed by atoms with E-state index in [1.54, 1.807) is 0 Å². The molecular weight excluding hydrogens is 183 g/mol. The molecule has 0 amide bonds. The van der Waals surface area contributed by atoms with E-state index in [4.69, 9.17) is 0 Å². The van der Waals surface area contributed by atoms with Crippen LogP contribution in [0.15, 0.2) is 0 Å². The Bertz CT molecular complexity index is 123. The first-order valence-corrected chi connectivity index (χ1v) is 4.12. The molecule has 80 valence electrons. The average molecular weight is 199 g/mol.